The molecule has 0 aliphatic rings. The Bertz CT molecular complexity index is 1210. The highest BCUT2D eigenvalue weighted by molar-refractivity contribution is 7.92. The summed E-state index contributed by atoms with van der Waals surface area (Å²) in [6.07, 6.45) is 0. The highest BCUT2D eigenvalue weighted by Gasteiger charge is 2.19. The third-order valence-electron chi connectivity index (χ3n) is 4.26. The minimum atomic E-state index is -3.80. The summed E-state index contributed by atoms with van der Waals surface area (Å²) in [6.45, 7) is 0.0681. The zero-order chi connectivity index (χ0) is 22.4. The Hall–Kier alpha value is -3.23. The summed E-state index contributed by atoms with van der Waals surface area (Å²) in [5.41, 5.74) is 1.27. The molecule has 0 aliphatic heterocycles. The maximum Gasteiger partial charge on any atom is 0.255 e. The van der Waals surface area contributed by atoms with Gasteiger partial charge in [-0.2, -0.15) is 0 Å². The van der Waals surface area contributed by atoms with Gasteiger partial charge < -0.3 is 10.6 Å². The highest BCUT2D eigenvalue weighted by Crippen LogP contribution is 2.16. The van der Waals surface area contributed by atoms with Gasteiger partial charge in [-0.25, -0.2) is 12.8 Å². The van der Waals surface area contributed by atoms with Gasteiger partial charge in [-0.1, -0.05) is 29.8 Å². The second-order valence-corrected chi connectivity index (χ2v) is 9.08. The number of hydrogen-bond donors (Lipinski definition) is 2. The molecule has 0 aromatic heterocycles. The topological polar surface area (TPSA) is 92.3 Å². The fourth-order valence-electron chi connectivity index (χ4n) is 2.74. The monoisotopic (exact) mass is 460 g/mol. The number of amides is 2. The number of hydrogen-bond acceptors (Lipinski definition) is 4. The first-order valence-corrected chi connectivity index (χ1v) is 11.2. The largest absolute Gasteiger partial charge is 0.351 e. The smallest absolute Gasteiger partial charge is 0.255 e. The van der Waals surface area contributed by atoms with E-state index in [1.807, 2.05) is 0 Å². The zero-order valence-corrected chi connectivity index (χ0v) is 17.7. The van der Waals surface area contributed by atoms with Crippen molar-refractivity contribution in [3.8, 4) is 0 Å². The van der Waals surface area contributed by atoms with Crippen molar-refractivity contribution in [1.82, 2.24) is 5.32 Å². The van der Waals surface area contributed by atoms with Gasteiger partial charge in [-0.3, -0.25) is 9.59 Å². The Morgan fingerprint density at radius 3 is 2.35 bits per heavy atom. The standard InChI is InChI=1S/C22H18ClFN2O4S/c23-17-7-9-20(10-8-17)31(29,30)14-21(27)25-13-15-3-1-6-19(11-15)26-22(28)16-4-2-5-18(24)12-16/h1-12H,13-14H2,(H,25,27)(H,26,28). The van der Waals surface area contributed by atoms with Gasteiger partial charge in [0.2, 0.25) is 5.91 Å². The van der Waals surface area contributed by atoms with Crippen LogP contribution in [0.15, 0.2) is 77.7 Å². The van der Waals surface area contributed by atoms with Gasteiger partial charge in [0.1, 0.15) is 11.6 Å². The molecule has 0 fully saturated rings. The first-order valence-electron chi connectivity index (χ1n) is 9.14. The van der Waals surface area contributed by atoms with Crippen LogP contribution in [-0.4, -0.2) is 26.0 Å². The normalized spacial score (nSPS) is 11.0. The molecule has 0 saturated heterocycles. The molecule has 0 saturated carbocycles. The van der Waals surface area contributed by atoms with E-state index >= 15 is 0 Å². The summed E-state index contributed by atoms with van der Waals surface area (Å²) < 4.78 is 37.9. The Labute approximate surface area is 184 Å². The predicted octanol–water partition coefficient (Wildman–Crippen LogP) is 3.82. The van der Waals surface area contributed by atoms with Crippen LogP contribution in [0.4, 0.5) is 10.1 Å². The van der Waals surface area contributed by atoms with Crippen molar-refractivity contribution in [2.24, 2.45) is 0 Å². The van der Waals surface area contributed by atoms with Crippen LogP contribution in [0.1, 0.15) is 15.9 Å². The minimum absolute atomic E-state index is 0.00843. The molecule has 0 atom stereocenters. The van der Waals surface area contributed by atoms with Crippen LogP contribution in [0.25, 0.3) is 0 Å². The molecule has 3 rings (SSSR count). The number of anilines is 1. The first-order chi connectivity index (χ1) is 14.7. The number of sulfone groups is 1. The van der Waals surface area contributed by atoms with E-state index in [0.717, 1.165) is 6.07 Å². The van der Waals surface area contributed by atoms with Crippen LogP contribution in [-0.2, 0) is 21.2 Å². The Balaban J connectivity index is 1.59. The van der Waals surface area contributed by atoms with Crippen molar-refractivity contribution >= 4 is 38.9 Å². The molecule has 6 nitrogen and oxygen atoms in total. The summed E-state index contributed by atoms with van der Waals surface area (Å²) in [5.74, 6) is -2.36. The lowest BCUT2D eigenvalue weighted by molar-refractivity contribution is -0.118. The number of nitrogens with one attached hydrogen (secondary N) is 2. The summed E-state index contributed by atoms with van der Waals surface area (Å²) in [5, 5.41) is 5.60. The maximum atomic E-state index is 13.3. The average molecular weight is 461 g/mol. The van der Waals surface area contributed by atoms with Crippen molar-refractivity contribution in [2.45, 2.75) is 11.4 Å². The maximum absolute atomic E-state index is 13.3. The molecule has 0 radical (unpaired) electrons. The van der Waals surface area contributed by atoms with Crippen molar-refractivity contribution in [1.29, 1.82) is 0 Å². The van der Waals surface area contributed by atoms with E-state index in [4.69, 9.17) is 11.6 Å². The molecule has 160 valence electrons. The molecule has 2 amide bonds. The summed E-state index contributed by atoms with van der Waals surface area (Å²) in [6, 6.07) is 17.5. The molecule has 9 heteroatoms. The zero-order valence-electron chi connectivity index (χ0n) is 16.1. The molecule has 2 N–H and O–H groups in total. The molecule has 0 unspecified atom stereocenters. The molecular formula is C22H18ClFN2O4S. The Kier molecular flexibility index (Phi) is 7.04. The fourth-order valence-corrected chi connectivity index (χ4v) is 4.03. The van der Waals surface area contributed by atoms with E-state index in [1.165, 1.54) is 42.5 Å². The number of carbonyl (C=O) groups excluding carboxylic acids is 2. The molecule has 31 heavy (non-hydrogen) atoms. The molecular weight excluding hydrogens is 443 g/mol. The van der Waals surface area contributed by atoms with Crippen molar-refractivity contribution in [3.63, 3.8) is 0 Å². The van der Waals surface area contributed by atoms with Crippen LogP contribution in [0.3, 0.4) is 0 Å². The quantitative estimate of drug-likeness (QED) is 0.560. The van der Waals surface area contributed by atoms with E-state index in [9.17, 15) is 22.4 Å². The molecule has 0 bridgehead atoms. The van der Waals surface area contributed by atoms with Gasteiger partial charge in [0.05, 0.1) is 4.90 Å². The molecule has 0 aliphatic carbocycles. The lowest BCUT2D eigenvalue weighted by Gasteiger charge is -2.09. The van der Waals surface area contributed by atoms with E-state index in [2.05, 4.69) is 10.6 Å². The Morgan fingerprint density at radius 2 is 1.65 bits per heavy atom. The number of carbonyl (C=O) groups is 2. The van der Waals surface area contributed by atoms with E-state index in [0.29, 0.717) is 16.3 Å². The third kappa shape index (κ3) is 6.37. The van der Waals surface area contributed by atoms with E-state index in [-0.39, 0.29) is 17.0 Å². The second-order valence-electron chi connectivity index (χ2n) is 6.65. The van der Waals surface area contributed by atoms with Crippen molar-refractivity contribution in [2.75, 3.05) is 11.1 Å². The van der Waals surface area contributed by atoms with Crippen LogP contribution in [0.5, 0.6) is 0 Å². The van der Waals surface area contributed by atoms with Crippen LogP contribution < -0.4 is 10.6 Å². The first kappa shape index (κ1) is 22.5. The summed E-state index contributed by atoms with van der Waals surface area (Å²) in [7, 11) is -3.80. The van der Waals surface area contributed by atoms with Crippen LogP contribution in [0, 0.1) is 5.82 Å². The summed E-state index contributed by atoms with van der Waals surface area (Å²) in [4.78, 5) is 24.4. The van der Waals surface area contributed by atoms with E-state index in [1.54, 1.807) is 24.3 Å². The molecule has 3 aromatic carbocycles. The van der Waals surface area contributed by atoms with Gasteiger partial charge >= 0.3 is 0 Å². The molecule has 0 heterocycles. The minimum Gasteiger partial charge on any atom is -0.351 e. The average Bonchev–Trinajstić information content (AvgIpc) is 2.72. The van der Waals surface area contributed by atoms with Gasteiger partial charge in [-0.15, -0.1) is 0 Å². The number of benzene rings is 3. The van der Waals surface area contributed by atoms with Crippen molar-refractivity contribution < 1.29 is 22.4 Å². The van der Waals surface area contributed by atoms with Gasteiger partial charge in [0.15, 0.2) is 9.84 Å². The fraction of sp³-hybridized carbons (Fsp3) is 0.0909. The lowest BCUT2D eigenvalue weighted by Crippen LogP contribution is -2.30. The third-order valence-corrected chi connectivity index (χ3v) is 6.14. The van der Waals surface area contributed by atoms with Gasteiger partial charge in [0.25, 0.3) is 5.91 Å². The van der Waals surface area contributed by atoms with Crippen LogP contribution in [0.2, 0.25) is 5.02 Å². The number of halogens is 2. The van der Waals surface area contributed by atoms with Crippen LogP contribution >= 0.6 is 11.6 Å². The van der Waals surface area contributed by atoms with Gasteiger partial charge in [0, 0.05) is 22.8 Å². The second kappa shape index (κ2) is 9.72. The lowest BCUT2D eigenvalue weighted by atomic mass is 10.1. The van der Waals surface area contributed by atoms with E-state index < -0.39 is 33.2 Å². The Morgan fingerprint density at radius 1 is 0.935 bits per heavy atom. The van der Waals surface area contributed by atoms with Gasteiger partial charge in [-0.05, 0) is 60.2 Å². The van der Waals surface area contributed by atoms with Crippen molar-refractivity contribution in [3.05, 3.63) is 94.8 Å². The predicted molar refractivity (Wildman–Crippen MR) is 116 cm³/mol. The molecule has 3 aromatic rings. The number of rotatable bonds is 7. The molecule has 0 spiro atoms. The highest BCUT2D eigenvalue weighted by atomic mass is 35.5. The SMILES string of the molecule is O=C(CS(=O)(=O)c1ccc(Cl)cc1)NCc1cccc(NC(=O)c2cccc(F)c2)c1. The summed E-state index contributed by atoms with van der Waals surface area (Å²) >= 11 is 5.75.